The summed E-state index contributed by atoms with van der Waals surface area (Å²) >= 11 is 1.26. The molecule has 52 heavy (non-hydrogen) atoms. The number of carbonyl (C=O) groups excluding carboxylic acids is 1. The van der Waals surface area contributed by atoms with Gasteiger partial charge in [-0.15, -0.1) is 0 Å². The lowest BCUT2D eigenvalue weighted by Crippen LogP contribution is -2.26. The fourth-order valence-corrected chi connectivity index (χ4v) is 8.08. The number of nitrogens with zero attached hydrogens (tertiary/aromatic N) is 5. The maximum absolute atomic E-state index is 16.0. The molecule has 0 fully saturated rings. The van der Waals surface area contributed by atoms with Gasteiger partial charge in [0.15, 0.2) is 11.6 Å². The second kappa shape index (κ2) is 14.2. The average molecular weight is 721 g/mol. The van der Waals surface area contributed by atoms with Crippen LogP contribution in [0.2, 0.25) is 0 Å². The zero-order chi connectivity index (χ0) is 36.6. The smallest absolute Gasteiger partial charge is 0.330 e. The minimum Gasteiger partial charge on any atom is -0.463 e. The summed E-state index contributed by atoms with van der Waals surface area (Å²) in [5.74, 6) is -0.266. The Bertz CT molecular complexity index is 2300. The molecule has 6 aromatic rings. The summed E-state index contributed by atoms with van der Waals surface area (Å²) in [5.41, 5.74) is 3.92. The van der Waals surface area contributed by atoms with E-state index in [1.165, 1.54) is 30.0 Å². The molecule has 268 valence electrons. The number of aromatic amines is 1. The number of H-pyrrole nitrogens is 1. The van der Waals surface area contributed by atoms with Gasteiger partial charge in [-0.2, -0.15) is 10.2 Å². The lowest BCUT2D eigenvalue weighted by molar-refractivity contribution is -0.137. The van der Waals surface area contributed by atoms with Crippen LogP contribution in [-0.2, 0) is 34.0 Å². The predicted molar refractivity (Wildman–Crippen MR) is 200 cm³/mol. The number of hydrogen-bond acceptors (Lipinski definition) is 6. The van der Waals surface area contributed by atoms with Gasteiger partial charge in [-0.1, -0.05) is 62.7 Å². The second-order valence-corrected chi connectivity index (χ2v) is 15.4. The standard InChI is InChI=1S/C41H42F2N6O2S/c1-6-51-36(50)15-12-26-10-9-11-27(20-26)41(4)18-8-7-17-40(2,3)28-23-45-49(24-28)25-32-30-16-19-44-35(30)22-34(43)37(32)52-29-13-14-33(42)31(21-29)38-46-39(41)47-48(38)5/h9-16,19-24,44H,6-8,17-18,25H2,1-5H3/b15-12+. The van der Waals surface area contributed by atoms with E-state index in [1.807, 2.05) is 41.3 Å². The summed E-state index contributed by atoms with van der Waals surface area (Å²) in [6.07, 6.45) is 12.4. The van der Waals surface area contributed by atoms with Gasteiger partial charge in [-0.3, -0.25) is 4.68 Å². The van der Waals surface area contributed by atoms with Gasteiger partial charge in [0.2, 0.25) is 0 Å². The molecule has 0 amide bonds. The third kappa shape index (κ3) is 6.93. The van der Waals surface area contributed by atoms with E-state index < -0.39 is 17.2 Å². The van der Waals surface area contributed by atoms with Gasteiger partial charge in [0, 0.05) is 41.3 Å². The van der Waals surface area contributed by atoms with E-state index in [2.05, 4.69) is 38.0 Å². The minimum atomic E-state index is -0.644. The molecule has 1 unspecified atom stereocenters. The number of hydrogen-bond donors (Lipinski definition) is 1. The van der Waals surface area contributed by atoms with E-state index in [4.69, 9.17) is 19.9 Å². The molecule has 0 saturated carbocycles. The topological polar surface area (TPSA) is 90.6 Å². The molecule has 4 heterocycles. The lowest BCUT2D eigenvalue weighted by atomic mass is 9.75. The van der Waals surface area contributed by atoms with E-state index in [0.717, 1.165) is 53.3 Å². The number of aryl methyl sites for hydroxylation is 1. The Balaban J connectivity index is 1.35. The molecule has 3 aromatic carbocycles. The van der Waals surface area contributed by atoms with Crippen molar-refractivity contribution in [2.75, 3.05) is 6.61 Å². The summed E-state index contributed by atoms with van der Waals surface area (Å²) in [6.45, 7) is 9.04. The van der Waals surface area contributed by atoms with E-state index in [-0.39, 0.29) is 16.8 Å². The number of ether oxygens (including phenoxy) is 1. The molecule has 7 rings (SSSR count). The Hall–Kier alpha value is -5.03. The Kier molecular flexibility index (Phi) is 9.65. The normalized spacial score (nSPS) is 17.8. The van der Waals surface area contributed by atoms with Crippen LogP contribution in [0.25, 0.3) is 28.4 Å². The number of rotatable bonds is 4. The van der Waals surface area contributed by atoms with Crippen molar-refractivity contribution in [3.63, 3.8) is 0 Å². The predicted octanol–water partition coefficient (Wildman–Crippen LogP) is 9.37. The Labute approximate surface area is 306 Å². The Morgan fingerprint density at radius 1 is 1.04 bits per heavy atom. The van der Waals surface area contributed by atoms with Gasteiger partial charge in [-0.25, -0.2) is 23.2 Å². The van der Waals surface area contributed by atoms with E-state index in [0.29, 0.717) is 40.1 Å². The molecule has 1 aliphatic heterocycles. The second-order valence-electron chi connectivity index (χ2n) is 14.3. The first-order valence-corrected chi connectivity index (χ1v) is 18.4. The quantitative estimate of drug-likeness (QED) is 0.144. The first-order valence-electron chi connectivity index (χ1n) is 17.6. The van der Waals surface area contributed by atoms with Crippen LogP contribution in [0.1, 0.15) is 81.5 Å². The van der Waals surface area contributed by atoms with Crippen molar-refractivity contribution in [2.24, 2.45) is 7.05 Å². The van der Waals surface area contributed by atoms with Gasteiger partial charge in [0.25, 0.3) is 0 Å². The SMILES string of the molecule is CCOC(=O)/C=C/c1cccc(C2(C)CCCCC(C)(C)c3cnn(c3)Cc3c(c(F)cc4[nH]ccc34)Sc3ccc(F)c(c3)-c3nc2nn3C)c1. The van der Waals surface area contributed by atoms with E-state index >= 15 is 8.78 Å². The van der Waals surface area contributed by atoms with E-state index in [9.17, 15) is 4.79 Å². The molecular formula is C41H42F2N6O2S. The fraction of sp³-hybridized carbons (Fsp3) is 0.317. The minimum absolute atomic E-state index is 0.161. The van der Waals surface area contributed by atoms with Gasteiger partial charge >= 0.3 is 5.97 Å². The maximum Gasteiger partial charge on any atom is 0.330 e. The largest absolute Gasteiger partial charge is 0.463 e. The van der Waals surface area contributed by atoms with Crippen molar-refractivity contribution in [1.82, 2.24) is 29.5 Å². The molecule has 1 aliphatic rings. The molecule has 3 aromatic heterocycles. The highest BCUT2D eigenvalue weighted by atomic mass is 32.2. The molecule has 1 atom stereocenters. The van der Waals surface area contributed by atoms with E-state index in [1.54, 1.807) is 36.9 Å². The Morgan fingerprint density at radius 2 is 1.87 bits per heavy atom. The summed E-state index contributed by atoms with van der Waals surface area (Å²) in [6, 6.07) is 16.3. The number of esters is 1. The van der Waals surface area contributed by atoms with Crippen molar-refractivity contribution in [1.29, 1.82) is 0 Å². The van der Waals surface area contributed by atoms with Crippen molar-refractivity contribution in [2.45, 2.75) is 80.5 Å². The number of carbonyl (C=O) groups is 1. The summed E-state index contributed by atoms with van der Waals surface area (Å²) in [4.78, 5) is 21.4. The third-order valence-corrected chi connectivity index (χ3v) is 11.3. The molecule has 0 saturated heterocycles. The van der Waals surface area contributed by atoms with Crippen molar-refractivity contribution in [3.8, 4) is 11.4 Å². The summed E-state index contributed by atoms with van der Waals surface area (Å²) in [5, 5.41) is 10.6. The average Bonchev–Trinajstić information content (AvgIpc) is 3.89. The van der Waals surface area contributed by atoms with Crippen LogP contribution >= 0.6 is 11.8 Å². The number of fused-ring (bicyclic) bond motifs is 10. The van der Waals surface area contributed by atoms with Crippen molar-refractivity contribution >= 4 is 34.7 Å². The monoisotopic (exact) mass is 720 g/mol. The van der Waals surface area contributed by atoms with Crippen LogP contribution in [0, 0.1) is 11.6 Å². The van der Waals surface area contributed by atoms with Crippen LogP contribution in [0.5, 0.6) is 0 Å². The zero-order valence-corrected chi connectivity index (χ0v) is 30.9. The van der Waals surface area contributed by atoms with Crippen molar-refractivity contribution in [3.05, 3.63) is 119 Å². The van der Waals surface area contributed by atoms with Gasteiger partial charge < -0.3 is 9.72 Å². The molecule has 8 nitrogen and oxygen atoms in total. The number of halogens is 2. The maximum atomic E-state index is 16.0. The molecule has 6 bridgehead atoms. The van der Waals surface area contributed by atoms with Crippen LogP contribution in [0.3, 0.4) is 0 Å². The summed E-state index contributed by atoms with van der Waals surface area (Å²) in [7, 11) is 1.77. The zero-order valence-electron chi connectivity index (χ0n) is 30.0. The van der Waals surface area contributed by atoms with Crippen LogP contribution < -0.4 is 0 Å². The molecule has 11 heteroatoms. The Morgan fingerprint density at radius 3 is 2.69 bits per heavy atom. The van der Waals surface area contributed by atoms with Crippen LogP contribution in [-0.4, -0.2) is 42.1 Å². The van der Waals surface area contributed by atoms with Crippen LogP contribution in [0.4, 0.5) is 8.78 Å². The van der Waals surface area contributed by atoms with Gasteiger partial charge in [0.05, 0.1) is 35.2 Å². The highest BCUT2D eigenvalue weighted by molar-refractivity contribution is 7.99. The highest BCUT2D eigenvalue weighted by Crippen LogP contribution is 2.41. The molecule has 0 spiro atoms. The first-order chi connectivity index (χ1) is 24.9. The fourth-order valence-electron chi connectivity index (χ4n) is 7.08. The molecular weight excluding hydrogens is 679 g/mol. The number of aromatic nitrogens is 6. The number of nitrogens with one attached hydrogen (secondary N) is 1. The summed E-state index contributed by atoms with van der Waals surface area (Å²) < 4.78 is 40.3. The van der Waals surface area contributed by atoms with Crippen molar-refractivity contribution < 1.29 is 18.3 Å². The molecule has 0 radical (unpaired) electrons. The number of benzene rings is 3. The van der Waals surface area contributed by atoms with Gasteiger partial charge in [0.1, 0.15) is 11.6 Å². The first kappa shape index (κ1) is 35.4. The lowest BCUT2D eigenvalue weighted by Gasteiger charge is -2.29. The molecule has 0 aliphatic carbocycles. The van der Waals surface area contributed by atoms with Crippen LogP contribution in [0.15, 0.2) is 89.1 Å². The third-order valence-electron chi connectivity index (χ3n) is 10.2. The van der Waals surface area contributed by atoms with Gasteiger partial charge in [-0.05, 0) is 90.8 Å². The highest BCUT2D eigenvalue weighted by Gasteiger charge is 2.35. The molecule has 1 N–H and O–H groups in total.